The highest BCUT2D eigenvalue weighted by Crippen LogP contribution is 2.33. The molecule has 0 aromatic heterocycles. The van der Waals surface area contributed by atoms with Crippen LogP contribution < -0.4 is 14.8 Å². The molecule has 4 nitrogen and oxygen atoms in total. The molecule has 98 valence electrons. The number of nitrogens with one attached hydrogen (secondary N) is 1. The van der Waals surface area contributed by atoms with Gasteiger partial charge >= 0.3 is 0 Å². The normalized spacial score (nSPS) is 13.1. The molecule has 3 rings (SSSR count). The minimum Gasteiger partial charge on any atom is -0.508 e. The van der Waals surface area contributed by atoms with Crippen LogP contribution in [0.25, 0.3) is 0 Å². The maximum absolute atomic E-state index is 9.24. The highest BCUT2D eigenvalue weighted by atomic mass is 16.6. The average Bonchev–Trinajstić information content (AvgIpc) is 2.47. The number of hydrogen-bond donors (Lipinski definition) is 2. The third kappa shape index (κ3) is 2.57. The summed E-state index contributed by atoms with van der Waals surface area (Å²) in [4.78, 5) is 0. The Kier molecular flexibility index (Phi) is 3.14. The van der Waals surface area contributed by atoms with Crippen LogP contribution in [0.3, 0.4) is 0 Å². The zero-order valence-corrected chi connectivity index (χ0v) is 10.4. The van der Waals surface area contributed by atoms with Gasteiger partial charge in [-0.25, -0.2) is 0 Å². The largest absolute Gasteiger partial charge is 0.508 e. The van der Waals surface area contributed by atoms with Gasteiger partial charge in [-0.1, -0.05) is 12.1 Å². The molecular formula is C15H15NO3. The number of hydrogen-bond acceptors (Lipinski definition) is 4. The fraction of sp³-hybridized carbons (Fsp3) is 0.200. The second kappa shape index (κ2) is 5.10. The number of ether oxygens (including phenoxy) is 2. The minimum absolute atomic E-state index is 0.263. The molecule has 0 aliphatic carbocycles. The van der Waals surface area contributed by atoms with E-state index in [4.69, 9.17) is 9.47 Å². The standard InChI is InChI=1S/C15H15NO3/c17-13-6-4-12(5-7-13)16-10-11-2-1-3-14-15(11)19-9-8-18-14/h1-7,16-17H,8-10H2. The summed E-state index contributed by atoms with van der Waals surface area (Å²) in [6, 6.07) is 12.9. The number of rotatable bonds is 3. The maximum atomic E-state index is 9.24. The van der Waals surface area contributed by atoms with Crippen LogP contribution >= 0.6 is 0 Å². The lowest BCUT2D eigenvalue weighted by molar-refractivity contribution is 0.170. The molecule has 2 N–H and O–H groups in total. The summed E-state index contributed by atoms with van der Waals surface area (Å²) < 4.78 is 11.2. The Labute approximate surface area is 111 Å². The van der Waals surface area contributed by atoms with E-state index in [0.717, 1.165) is 22.7 Å². The van der Waals surface area contributed by atoms with Crippen molar-refractivity contribution >= 4 is 5.69 Å². The van der Waals surface area contributed by atoms with Crippen molar-refractivity contribution < 1.29 is 14.6 Å². The van der Waals surface area contributed by atoms with Crippen molar-refractivity contribution in [3.05, 3.63) is 48.0 Å². The molecule has 4 heteroatoms. The second-order valence-electron chi connectivity index (χ2n) is 4.34. The Morgan fingerprint density at radius 3 is 2.63 bits per heavy atom. The Balaban J connectivity index is 1.75. The van der Waals surface area contributed by atoms with Crippen molar-refractivity contribution in [1.29, 1.82) is 0 Å². The highest BCUT2D eigenvalue weighted by Gasteiger charge is 2.14. The molecule has 1 aliphatic rings. The zero-order chi connectivity index (χ0) is 13.1. The van der Waals surface area contributed by atoms with E-state index in [1.807, 2.05) is 30.3 Å². The van der Waals surface area contributed by atoms with E-state index in [9.17, 15) is 5.11 Å². The quantitative estimate of drug-likeness (QED) is 0.830. The van der Waals surface area contributed by atoms with Crippen molar-refractivity contribution in [1.82, 2.24) is 0 Å². The van der Waals surface area contributed by atoms with Crippen molar-refractivity contribution in [2.24, 2.45) is 0 Å². The third-order valence-electron chi connectivity index (χ3n) is 3.00. The van der Waals surface area contributed by atoms with Gasteiger partial charge in [-0.05, 0) is 30.3 Å². The number of phenolic OH excluding ortho intramolecular Hbond substituents is 1. The Morgan fingerprint density at radius 2 is 1.79 bits per heavy atom. The topological polar surface area (TPSA) is 50.7 Å². The number of para-hydroxylation sites is 1. The lowest BCUT2D eigenvalue weighted by Crippen LogP contribution is -2.17. The van der Waals surface area contributed by atoms with Crippen LogP contribution in [0.15, 0.2) is 42.5 Å². The van der Waals surface area contributed by atoms with Crippen molar-refractivity contribution in [2.75, 3.05) is 18.5 Å². The molecule has 2 aromatic carbocycles. The molecular weight excluding hydrogens is 242 g/mol. The van der Waals surface area contributed by atoms with Crippen LogP contribution in [0.4, 0.5) is 5.69 Å². The lowest BCUT2D eigenvalue weighted by Gasteiger charge is -2.21. The van der Waals surface area contributed by atoms with Crippen molar-refractivity contribution in [3.8, 4) is 17.2 Å². The highest BCUT2D eigenvalue weighted by molar-refractivity contribution is 5.51. The second-order valence-corrected chi connectivity index (χ2v) is 4.34. The van der Waals surface area contributed by atoms with Gasteiger partial charge in [0, 0.05) is 17.8 Å². The van der Waals surface area contributed by atoms with Gasteiger partial charge in [0.05, 0.1) is 0 Å². The predicted molar refractivity (Wildman–Crippen MR) is 72.9 cm³/mol. The fourth-order valence-electron chi connectivity index (χ4n) is 2.05. The molecule has 0 atom stereocenters. The number of benzene rings is 2. The number of aromatic hydroxyl groups is 1. The first-order chi connectivity index (χ1) is 9.33. The van der Waals surface area contributed by atoms with Crippen LogP contribution in [0.2, 0.25) is 0 Å². The molecule has 2 aromatic rings. The maximum Gasteiger partial charge on any atom is 0.166 e. The molecule has 19 heavy (non-hydrogen) atoms. The summed E-state index contributed by atoms with van der Waals surface area (Å²) in [6.45, 7) is 1.84. The van der Waals surface area contributed by atoms with E-state index < -0.39 is 0 Å². The lowest BCUT2D eigenvalue weighted by atomic mass is 10.1. The summed E-state index contributed by atoms with van der Waals surface area (Å²) in [5.74, 6) is 1.88. The van der Waals surface area contributed by atoms with Crippen LogP contribution in [0, 0.1) is 0 Å². The molecule has 0 spiro atoms. The Morgan fingerprint density at radius 1 is 1.00 bits per heavy atom. The summed E-state index contributed by atoms with van der Waals surface area (Å²) in [5.41, 5.74) is 2.01. The molecule has 0 saturated heterocycles. The predicted octanol–water partition coefficient (Wildman–Crippen LogP) is 2.78. The Bertz CT molecular complexity index is 566. The Hall–Kier alpha value is -2.36. The van der Waals surface area contributed by atoms with Crippen LogP contribution in [-0.2, 0) is 6.54 Å². The summed E-state index contributed by atoms with van der Waals surface area (Å²) in [7, 11) is 0. The van der Waals surface area contributed by atoms with E-state index in [2.05, 4.69) is 5.32 Å². The van der Waals surface area contributed by atoms with E-state index in [1.165, 1.54) is 0 Å². The summed E-state index contributed by atoms with van der Waals surface area (Å²) in [6.07, 6.45) is 0. The van der Waals surface area contributed by atoms with Gasteiger partial charge in [0.25, 0.3) is 0 Å². The number of fused-ring (bicyclic) bond motifs is 1. The third-order valence-corrected chi connectivity index (χ3v) is 3.00. The van der Waals surface area contributed by atoms with E-state index in [-0.39, 0.29) is 5.75 Å². The smallest absolute Gasteiger partial charge is 0.166 e. The van der Waals surface area contributed by atoms with Crippen LogP contribution in [0.5, 0.6) is 17.2 Å². The summed E-state index contributed by atoms with van der Waals surface area (Å²) in [5, 5.41) is 12.5. The van der Waals surface area contributed by atoms with E-state index in [1.54, 1.807) is 12.1 Å². The minimum atomic E-state index is 0.263. The molecule has 0 amide bonds. The zero-order valence-electron chi connectivity index (χ0n) is 10.4. The van der Waals surface area contributed by atoms with Gasteiger partial charge in [-0.2, -0.15) is 0 Å². The molecule has 0 bridgehead atoms. The number of anilines is 1. The fourth-order valence-corrected chi connectivity index (χ4v) is 2.05. The van der Waals surface area contributed by atoms with Gasteiger partial charge in [0.1, 0.15) is 19.0 Å². The van der Waals surface area contributed by atoms with E-state index in [0.29, 0.717) is 19.8 Å². The molecule has 0 radical (unpaired) electrons. The van der Waals surface area contributed by atoms with Gasteiger partial charge < -0.3 is 19.9 Å². The first-order valence-corrected chi connectivity index (χ1v) is 6.23. The van der Waals surface area contributed by atoms with Crippen molar-refractivity contribution in [3.63, 3.8) is 0 Å². The number of phenols is 1. The SMILES string of the molecule is Oc1ccc(NCc2cccc3c2OCCO3)cc1. The molecule has 1 heterocycles. The van der Waals surface area contributed by atoms with Crippen LogP contribution in [-0.4, -0.2) is 18.3 Å². The molecule has 0 unspecified atom stereocenters. The molecule has 1 aliphatic heterocycles. The van der Waals surface area contributed by atoms with Gasteiger partial charge in [-0.3, -0.25) is 0 Å². The summed E-state index contributed by atoms with van der Waals surface area (Å²) >= 11 is 0. The molecule has 0 saturated carbocycles. The van der Waals surface area contributed by atoms with Crippen LogP contribution in [0.1, 0.15) is 5.56 Å². The average molecular weight is 257 g/mol. The monoisotopic (exact) mass is 257 g/mol. The first-order valence-electron chi connectivity index (χ1n) is 6.23. The van der Waals surface area contributed by atoms with Gasteiger partial charge in [-0.15, -0.1) is 0 Å². The van der Waals surface area contributed by atoms with Crippen molar-refractivity contribution in [2.45, 2.75) is 6.54 Å². The van der Waals surface area contributed by atoms with E-state index >= 15 is 0 Å². The first kappa shape index (κ1) is 11.7. The van der Waals surface area contributed by atoms with Gasteiger partial charge in [0.2, 0.25) is 0 Å². The molecule has 0 fully saturated rings. The van der Waals surface area contributed by atoms with Gasteiger partial charge in [0.15, 0.2) is 11.5 Å².